The molecule has 17 heavy (non-hydrogen) atoms. The van der Waals surface area contributed by atoms with Crippen molar-refractivity contribution in [1.82, 2.24) is 5.32 Å². The Hall–Kier alpha value is -1.30. The van der Waals surface area contributed by atoms with Crippen LogP contribution < -0.4 is 11.1 Å². The lowest BCUT2D eigenvalue weighted by molar-refractivity contribution is 0.546. The van der Waals surface area contributed by atoms with Crippen molar-refractivity contribution in [1.29, 1.82) is 0 Å². The van der Waals surface area contributed by atoms with Gasteiger partial charge in [-0.25, -0.2) is 0 Å². The first-order valence-corrected chi connectivity index (χ1v) is 6.09. The molecule has 92 valence electrons. The van der Waals surface area contributed by atoms with E-state index in [2.05, 4.69) is 49.2 Å². The van der Waals surface area contributed by atoms with Crippen LogP contribution in [-0.4, -0.2) is 13.1 Å². The molecule has 1 aromatic rings. The Bertz CT molecular complexity index is 392. The van der Waals surface area contributed by atoms with Crippen molar-refractivity contribution >= 4 is 0 Å². The average molecular weight is 230 g/mol. The Morgan fingerprint density at radius 1 is 1.29 bits per heavy atom. The summed E-state index contributed by atoms with van der Waals surface area (Å²) in [6.07, 6.45) is 0.873. The van der Waals surface area contributed by atoms with Crippen molar-refractivity contribution in [3.63, 3.8) is 0 Å². The Balaban J connectivity index is 2.74. The molecule has 0 spiro atoms. The van der Waals surface area contributed by atoms with Crippen molar-refractivity contribution in [3.8, 4) is 11.8 Å². The van der Waals surface area contributed by atoms with Gasteiger partial charge in [0, 0.05) is 25.6 Å². The molecule has 2 nitrogen and oxygen atoms in total. The third-order valence-corrected chi connectivity index (χ3v) is 2.94. The topological polar surface area (TPSA) is 38.0 Å². The third-order valence-electron chi connectivity index (χ3n) is 2.94. The van der Waals surface area contributed by atoms with E-state index in [-0.39, 0.29) is 6.04 Å². The lowest BCUT2D eigenvalue weighted by Crippen LogP contribution is -2.30. The second-order valence-electron chi connectivity index (χ2n) is 4.22. The van der Waals surface area contributed by atoms with Gasteiger partial charge >= 0.3 is 0 Å². The van der Waals surface area contributed by atoms with Gasteiger partial charge in [-0.3, -0.25) is 0 Å². The predicted octanol–water partition coefficient (Wildman–Crippen LogP) is 2.31. The van der Waals surface area contributed by atoms with Crippen LogP contribution in [0.4, 0.5) is 0 Å². The highest BCUT2D eigenvalue weighted by atomic mass is 14.9. The van der Waals surface area contributed by atoms with Gasteiger partial charge in [0.05, 0.1) is 0 Å². The van der Waals surface area contributed by atoms with Crippen LogP contribution in [0.1, 0.15) is 36.1 Å². The molecule has 0 aliphatic rings. The molecule has 0 bridgehead atoms. The normalized spacial score (nSPS) is 11.8. The van der Waals surface area contributed by atoms with E-state index in [1.807, 2.05) is 6.92 Å². The Labute approximate surface area is 105 Å². The molecule has 0 fully saturated rings. The number of rotatable bonds is 5. The van der Waals surface area contributed by atoms with E-state index in [9.17, 15) is 0 Å². The van der Waals surface area contributed by atoms with Crippen molar-refractivity contribution in [3.05, 3.63) is 34.9 Å². The highest BCUT2D eigenvalue weighted by molar-refractivity contribution is 5.36. The van der Waals surface area contributed by atoms with E-state index in [4.69, 9.17) is 5.73 Å². The Morgan fingerprint density at radius 2 is 1.94 bits per heavy atom. The van der Waals surface area contributed by atoms with Crippen molar-refractivity contribution in [2.24, 2.45) is 5.73 Å². The zero-order valence-corrected chi connectivity index (χ0v) is 11.0. The molecule has 0 saturated carbocycles. The Kier molecular flexibility index (Phi) is 5.76. The summed E-state index contributed by atoms with van der Waals surface area (Å²) in [6.45, 7) is 7.64. The molecule has 1 aromatic carbocycles. The van der Waals surface area contributed by atoms with Gasteiger partial charge in [0.2, 0.25) is 0 Å². The maximum Gasteiger partial charge on any atom is 0.0450 e. The number of nitrogens with one attached hydrogen (secondary N) is 1. The summed E-state index contributed by atoms with van der Waals surface area (Å²) in [6, 6.07) is 6.59. The van der Waals surface area contributed by atoms with E-state index in [1.165, 1.54) is 16.7 Å². The molecule has 1 unspecified atom stereocenters. The summed E-state index contributed by atoms with van der Waals surface area (Å²) in [5.74, 6) is 5.96. The molecule has 1 atom stereocenters. The molecule has 2 heteroatoms. The maximum absolute atomic E-state index is 5.86. The van der Waals surface area contributed by atoms with Crippen LogP contribution in [-0.2, 0) is 0 Å². The zero-order chi connectivity index (χ0) is 12.7. The molecule has 0 radical (unpaired) electrons. The second-order valence-corrected chi connectivity index (χ2v) is 4.22. The van der Waals surface area contributed by atoms with E-state index >= 15 is 0 Å². The van der Waals surface area contributed by atoms with Crippen LogP contribution in [0, 0.1) is 25.7 Å². The van der Waals surface area contributed by atoms with Gasteiger partial charge in [-0.05, 0) is 37.5 Å². The molecule has 0 aliphatic carbocycles. The fraction of sp³-hybridized carbons (Fsp3) is 0.467. The van der Waals surface area contributed by atoms with Crippen LogP contribution in [0.15, 0.2) is 18.2 Å². The third kappa shape index (κ3) is 3.89. The van der Waals surface area contributed by atoms with Gasteiger partial charge in [-0.2, -0.15) is 0 Å². The minimum atomic E-state index is 0.231. The van der Waals surface area contributed by atoms with Gasteiger partial charge in [0.15, 0.2) is 0 Å². The van der Waals surface area contributed by atoms with E-state index in [0.717, 1.165) is 13.0 Å². The number of hydrogen-bond acceptors (Lipinski definition) is 2. The summed E-state index contributed by atoms with van der Waals surface area (Å²) < 4.78 is 0. The largest absolute Gasteiger partial charge is 0.329 e. The van der Waals surface area contributed by atoms with Crippen molar-refractivity contribution in [2.45, 2.75) is 33.2 Å². The second kappa shape index (κ2) is 7.11. The van der Waals surface area contributed by atoms with Gasteiger partial charge in [-0.15, -0.1) is 11.8 Å². The summed E-state index contributed by atoms with van der Waals surface area (Å²) in [5.41, 5.74) is 9.79. The predicted molar refractivity (Wildman–Crippen MR) is 73.8 cm³/mol. The fourth-order valence-corrected chi connectivity index (χ4v) is 2.11. The number of hydrogen-bond donors (Lipinski definition) is 2. The summed E-state index contributed by atoms with van der Waals surface area (Å²) in [4.78, 5) is 0. The average Bonchev–Trinajstić information content (AvgIpc) is 2.31. The molecule has 0 aromatic heterocycles. The van der Waals surface area contributed by atoms with Gasteiger partial charge in [-0.1, -0.05) is 18.2 Å². The van der Waals surface area contributed by atoms with Gasteiger partial charge in [0.25, 0.3) is 0 Å². The van der Waals surface area contributed by atoms with Crippen LogP contribution in [0.5, 0.6) is 0 Å². The van der Waals surface area contributed by atoms with Crippen molar-refractivity contribution in [2.75, 3.05) is 13.1 Å². The summed E-state index contributed by atoms with van der Waals surface area (Å²) >= 11 is 0. The minimum absolute atomic E-state index is 0.231. The zero-order valence-electron chi connectivity index (χ0n) is 11.0. The summed E-state index contributed by atoms with van der Waals surface area (Å²) in [7, 11) is 0. The van der Waals surface area contributed by atoms with E-state index < -0.39 is 0 Å². The monoisotopic (exact) mass is 230 g/mol. The fourth-order valence-electron chi connectivity index (χ4n) is 2.11. The SMILES string of the molecule is CC#CCCNC(CN)c1c(C)cccc1C. The quantitative estimate of drug-likeness (QED) is 0.602. The first kappa shape index (κ1) is 13.8. The lowest BCUT2D eigenvalue weighted by atomic mass is 9.96. The van der Waals surface area contributed by atoms with E-state index in [1.54, 1.807) is 0 Å². The maximum atomic E-state index is 5.86. The van der Waals surface area contributed by atoms with Crippen LogP contribution in [0.2, 0.25) is 0 Å². The summed E-state index contributed by atoms with van der Waals surface area (Å²) in [5, 5.41) is 3.47. The smallest absolute Gasteiger partial charge is 0.0450 e. The standard InChI is InChI=1S/C15H22N2/c1-4-5-6-10-17-14(11-16)15-12(2)8-7-9-13(15)3/h7-9,14,17H,6,10-11,16H2,1-3H3. The molecule has 0 heterocycles. The number of nitrogens with two attached hydrogens (primary N) is 1. The van der Waals surface area contributed by atoms with Crippen LogP contribution >= 0.6 is 0 Å². The molecule has 3 N–H and O–H groups in total. The number of aryl methyl sites for hydroxylation is 2. The molecular weight excluding hydrogens is 208 g/mol. The first-order chi connectivity index (χ1) is 8.20. The van der Waals surface area contributed by atoms with Crippen molar-refractivity contribution < 1.29 is 0 Å². The molecule has 0 aliphatic heterocycles. The van der Waals surface area contributed by atoms with Gasteiger partial charge < -0.3 is 11.1 Å². The number of benzene rings is 1. The molecule has 0 saturated heterocycles. The minimum Gasteiger partial charge on any atom is -0.329 e. The van der Waals surface area contributed by atoms with Crippen LogP contribution in [0.25, 0.3) is 0 Å². The Morgan fingerprint density at radius 3 is 2.47 bits per heavy atom. The first-order valence-electron chi connectivity index (χ1n) is 6.09. The van der Waals surface area contributed by atoms with Gasteiger partial charge in [0.1, 0.15) is 0 Å². The molecular formula is C15H22N2. The van der Waals surface area contributed by atoms with Crippen LogP contribution in [0.3, 0.4) is 0 Å². The molecule has 1 rings (SSSR count). The highest BCUT2D eigenvalue weighted by Gasteiger charge is 2.13. The van der Waals surface area contributed by atoms with E-state index in [0.29, 0.717) is 6.54 Å². The highest BCUT2D eigenvalue weighted by Crippen LogP contribution is 2.20. The lowest BCUT2D eigenvalue weighted by Gasteiger charge is -2.21. The molecule has 0 amide bonds.